The Bertz CT molecular complexity index is 1240. The minimum absolute atomic E-state index is 0.550. The van der Waals surface area contributed by atoms with Crippen molar-refractivity contribution in [3.05, 3.63) is 125 Å². The Labute approximate surface area is 170 Å². The van der Waals surface area contributed by atoms with Crippen molar-refractivity contribution in [1.82, 2.24) is 0 Å². The van der Waals surface area contributed by atoms with Crippen molar-refractivity contribution in [1.29, 1.82) is 0 Å². The molecule has 0 saturated carbocycles. The molecule has 0 spiro atoms. The molecular formula is C27H18O2. The Balaban J connectivity index is 1.77. The van der Waals surface area contributed by atoms with E-state index in [9.17, 15) is 0 Å². The Kier molecular flexibility index (Phi) is 3.05. The van der Waals surface area contributed by atoms with Gasteiger partial charge in [0.25, 0.3) is 5.79 Å². The number of fused-ring (bicyclic) bond motifs is 6. The zero-order valence-corrected chi connectivity index (χ0v) is 15.8. The number of hydrogen-bond donors (Lipinski definition) is 0. The second-order valence-electron chi connectivity index (χ2n) is 7.80. The largest absolute Gasteiger partial charge is 0.447 e. The van der Waals surface area contributed by atoms with Crippen LogP contribution < -0.4 is 4.74 Å². The fourth-order valence-corrected chi connectivity index (χ4v) is 5.19. The standard InChI is InChI=1S/C27H18O2/c1-3-9-23-18(2)28-27(22-16-19-14-20(15-19)17-22)26(23,21-10-5-4-6-11-21)24-12-7-8-13-25(24)29-27/h1,4-14,16-17H,2,15H2/b23-9+. The predicted molar refractivity (Wildman–Crippen MR) is 112 cm³/mol. The first-order chi connectivity index (χ1) is 14.2. The minimum atomic E-state index is -1.08. The van der Waals surface area contributed by atoms with Crippen LogP contribution in [-0.2, 0) is 22.4 Å². The van der Waals surface area contributed by atoms with E-state index in [0.717, 1.165) is 34.4 Å². The molecule has 2 aliphatic carbocycles. The summed E-state index contributed by atoms with van der Waals surface area (Å²) in [4.78, 5) is 0. The molecule has 0 radical (unpaired) electrons. The molecule has 3 aromatic carbocycles. The number of para-hydroxylation sites is 1. The zero-order chi connectivity index (χ0) is 19.6. The second kappa shape index (κ2) is 5.43. The maximum absolute atomic E-state index is 6.70. The molecule has 0 aromatic heterocycles. The number of ether oxygens (including phenoxy) is 2. The number of rotatable bonds is 2. The maximum atomic E-state index is 6.70. The molecule has 2 unspecified atom stereocenters. The summed E-state index contributed by atoms with van der Waals surface area (Å²) in [5, 5.41) is 0. The second-order valence-corrected chi connectivity index (χ2v) is 7.80. The number of hydrogen-bond acceptors (Lipinski definition) is 2. The van der Waals surface area contributed by atoms with Crippen molar-refractivity contribution in [2.75, 3.05) is 0 Å². The van der Waals surface area contributed by atoms with Crippen LogP contribution in [0.1, 0.15) is 27.8 Å². The van der Waals surface area contributed by atoms with Crippen molar-refractivity contribution in [2.45, 2.75) is 17.6 Å². The summed E-state index contributed by atoms with van der Waals surface area (Å²) >= 11 is 0. The molecule has 2 bridgehead atoms. The van der Waals surface area contributed by atoms with Crippen molar-refractivity contribution < 1.29 is 9.47 Å². The third-order valence-corrected chi connectivity index (χ3v) is 6.29. The SMILES string of the molecule is C#C/C=C1\C(=C)OC2(c3cc4cc(c3)C4)Oc3ccccc3C12c1ccccc1. The van der Waals surface area contributed by atoms with Gasteiger partial charge in [0.05, 0.1) is 0 Å². The first-order valence-electron chi connectivity index (χ1n) is 9.71. The molecule has 4 aliphatic rings. The van der Waals surface area contributed by atoms with Gasteiger partial charge in [0.2, 0.25) is 0 Å². The van der Waals surface area contributed by atoms with E-state index in [1.165, 1.54) is 11.1 Å². The van der Waals surface area contributed by atoms with E-state index in [-0.39, 0.29) is 0 Å². The Hall–Kier alpha value is -3.70. The molecule has 2 aliphatic heterocycles. The van der Waals surface area contributed by atoms with Crippen LogP contribution in [0.3, 0.4) is 0 Å². The highest BCUT2D eigenvalue weighted by molar-refractivity contribution is 5.69. The lowest BCUT2D eigenvalue weighted by Gasteiger charge is -2.39. The number of allylic oxidation sites excluding steroid dienone is 2. The molecule has 2 nitrogen and oxygen atoms in total. The zero-order valence-electron chi connectivity index (χ0n) is 15.8. The van der Waals surface area contributed by atoms with Crippen LogP contribution in [0, 0.1) is 12.3 Å². The molecule has 3 aromatic rings. The van der Waals surface area contributed by atoms with Crippen molar-refractivity contribution in [3.8, 4) is 18.1 Å². The topological polar surface area (TPSA) is 18.5 Å². The van der Waals surface area contributed by atoms with Gasteiger partial charge in [-0.3, -0.25) is 0 Å². The van der Waals surface area contributed by atoms with E-state index >= 15 is 0 Å². The van der Waals surface area contributed by atoms with E-state index in [1.54, 1.807) is 6.08 Å². The van der Waals surface area contributed by atoms with Crippen LogP contribution in [0.5, 0.6) is 5.75 Å². The molecule has 138 valence electrons. The molecule has 0 N–H and O–H groups in total. The summed E-state index contributed by atoms with van der Waals surface area (Å²) in [6.07, 6.45) is 8.54. The van der Waals surface area contributed by atoms with Gasteiger partial charge in [-0.05, 0) is 47.4 Å². The summed E-state index contributed by atoms with van der Waals surface area (Å²) in [7, 11) is 0. The smallest absolute Gasteiger partial charge is 0.296 e. The molecule has 1 saturated heterocycles. The maximum Gasteiger partial charge on any atom is 0.296 e. The third-order valence-electron chi connectivity index (χ3n) is 6.29. The summed E-state index contributed by atoms with van der Waals surface area (Å²) in [5.41, 5.74) is 5.81. The first-order valence-corrected chi connectivity index (χ1v) is 9.71. The van der Waals surface area contributed by atoms with E-state index in [2.05, 4.69) is 48.9 Å². The normalized spacial score (nSPS) is 26.7. The Morgan fingerprint density at radius 1 is 0.897 bits per heavy atom. The molecule has 2 atom stereocenters. The van der Waals surface area contributed by atoms with Gasteiger partial charge < -0.3 is 9.47 Å². The van der Waals surface area contributed by atoms with Crippen molar-refractivity contribution in [3.63, 3.8) is 0 Å². The van der Waals surface area contributed by atoms with Gasteiger partial charge in [0.1, 0.15) is 16.9 Å². The highest BCUT2D eigenvalue weighted by atomic mass is 16.7. The molecule has 7 rings (SSSR count). The molecule has 2 heteroatoms. The first kappa shape index (κ1) is 16.3. The minimum Gasteiger partial charge on any atom is -0.447 e. The average Bonchev–Trinajstić information content (AvgIpc) is 3.16. The van der Waals surface area contributed by atoms with Gasteiger partial charge in [-0.15, -0.1) is 6.42 Å². The van der Waals surface area contributed by atoms with Gasteiger partial charge in [-0.25, -0.2) is 0 Å². The molecule has 2 heterocycles. The van der Waals surface area contributed by atoms with Crippen LogP contribution in [0.15, 0.2) is 96.8 Å². The summed E-state index contributed by atoms with van der Waals surface area (Å²) < 4.78 is 13.3. The van der Waals surface area contributed by atoms with Crippen LogP contribution >= 0.6 is 0 Å². The van der Waals surface area contributed by atoms with Crippen LogP contribution in [0.4, 0.5) is 0 Å². The third kappa shape index (κ3) is 1.83. The fraction of sp³-hybridized carbons (Fsp3) is 0.111. The summed E-state index contributed by atoms with van der Waals surface area (Å²) in [5.74, 6) is 2.99. The number of terminal acetylenes is 1. The molecule has 0 amide bonds. The van der Waals surface area contributed by atoms with Crippen molar-refractivity contribution in [2.24, 2.45) is 0 Å². The average molecular weight is 374 g/mol. The molecular weight excluding hydrogens is 356 g/mol. The highest BCUT2D eigenvalue weighted by Crippen LogP contribution is 2.67. The number of benzene rings is 3. The van der Waals surface area contributed by atoms with Gasteiger partial charge in [0, 0.05) is 16.7 Å². The quantitative estimate of drug-likeness (QED) is 0.448. The van der Waals surface area contributed by atoms with Gasteiger partial charge >= 0.3 is 0 Å². The predicted octanol–water partition coefficient (Wildman–Crippen LogP) is 5.23. The van der Waals surface area contributed by atoms with E-state index in [1.807, 2.05) is 36.4 Å². The summed E-state index contributed by atoms with van der Waals surface area (Å²) in [6, 6.07) is 25.0. The Morgan fingerprint density at radius 3 is 2.31 bits per heavy atom. The van der Waals surface area contributed by atoms with Gasteiger partial charge in [0.15, 0.2) is 0 Å². The lowest BCUT2D eigenvalue weighted by molar-refractivity contribution is -0.150. The van der Waals surface area contributed by atoms with Crippen LogP contribution in [0.2, 0.25) is 0 Å². The highest BCUT2D eigenvalue weighted by Gasteiger charge is 2.71. The van der Waals surface area contributed by atoms with E-state index in [4.69, 9.17) is 15.9 Å². The van der Waals surface area contributed by atoms with Crippen LogP contribution in [0.25, 0.3) is 0 Å². The van der Waals surface area contributed by atoms with E-state index in [0.29, 0.717) is 5.76 Å². The van der Waals surface area contributed by atoms with Gasteiger partial charge in [-0.1, -0.05) is 67.1 Å². The Morgan fingerprint density at radius 2 is 1.59 bits per heavy atom. The summed E-state index contributed by atoms with van der Waals surface area (Å²) in [6.45, 7) is 4.22. The van der Waals surface area contributed by atoms with Crippen LogP contribution in [-0.4, -0.2) is 0 Å². The van der Waals surface area contributed by atoms with Crippen molar-refractivity contribution >= 4 is 0 Å². The molecule has 1 fully saturated rings. The van der Waals surface area contributed by atoms with Gasteiger partial charge in [-0.2, -0.15) is 0 Å². The fourth-order valence-electron chi connectivity index (χ4n) is 5.19. The monoisotopic (exact) mass is 374 g/mol. The lowest BCUT2D eigenvalue weighted by Crippen LogP contribution is -2.47. The van der Waals surface area contributed by atoms with E-state index < -0.39 is 11.2 Å². The molecule has 29 heavy (non-hydrogen) atoms. The lowest BCUT2D eigenvalue weighted by atomic mass is 9.63.